The average molecular weight is 299 g/mol. The van der Waals surface area contributed by atoms with E-state index in [0.717, 1.165) is 11.8 Å². The number of rotatable bonds is 5. The van der Waals surface area contributed by atoms with Gasteiger partial charge in [-0.05, 0) is 18.6 Å². The highest BCUT2D eigenvalue weighted by Gasteiger charge is 2.12. The smallest absolute Gasteiger partial charge is 0.264 e. The number of aryl methyl sites for hydroxylation is 1. The van der Waals surface area contributed by atoms with Crippen molar-refractivity contribution >= 4 is 15.9 Å². The molecule has 114 valence electrons. The molecule has 0 bridgehead atoms. The molecule has 4 nitrogen and oxygen atoms in total. The summed E-state index contributed by atoms with van der Waals surface area (Å²) in [5.41, 5.74) is 1.12. The van der Waals surface area contributed by atoms with Crippen LogP contribution in [0.15, 0.2) is 24.3 Å². The molecule has 0 atom stereocenters. The van der Waals surface area contributed by atoms with Crippen LogP contribution >= 0.6 is 0 Å². The van der Waals surface area contributed by atoms with Crippen LogP contribution in [0.4, 0.5) is 0 Å². The van der Waals surface area contributed by atoms with Crippen molar-refractivity contribution in [3.05, 3.63) is 35.4 Å². The van der Waals surface area contributed by atoms with E-state index in [1.807, 2.05) is 4.72 Å². The molecule has 0 unspecified atom stereocenters. The van der Waals surface area contributed by atoms with Gasteiger partial charge in [0.25, 0.3) is 5.91 Å². The number of hydrogen-bond acceptors (Lipinski definition) is 3. The molecule has 0 heterocycles. The van der Waals surface area contributed by atoms with Gasteiger partial charge in [0.05, 0.1) is 6.26 Å². The Morgan fingerprint density at radius 1 is 1.10 bits per heavy atom. The quantitative estimate of drug-likeness (QED) is 0.849. The standard InChI is InChI=1S/C9H11NO3S.C6H14/c1-7-5-3-4-6-8(7)9(11)10-14(2,12)13;1-3-5-6-4-2/h3-6H,1-2H3,(H,10,11);3-6H2,1-2H3. The average Bonchev–Trinajstić information content (AvgIpc) is 2.35. The molecule has 20 heavy (non-hydrogen) atoms. The first-order chi connectivity index (χ1) is 9.31. The summed E-state index contributed by atoms with van der Waals surface area (Å²) in [6, 6.07) is 6.80. The minimum absolute atomic E-state index is 0.373. The van der Waals surface area contributed by atoms with E-state index in [0.29, 0.717) is 5.56 Å². The topological polar surface area (TPSA) is 63.2 Å². The largest absolute Gasteiger partial charge is 0.268 e. The molecule has 0 aliphatic heterocycles. The SMILES string of the molecule is CCCCCC.Cc1ccccc1C(=O)NS(C)(=O)=O. The molecule has 1 aromatic carbocycles. The van der Waals surface area contributed by atoms with Crippen molar-refractivity contribution in [2.45, 2.75) is 46.5 Å². The molecule has 0 aliphatic rings. The van der Waals surface area contributed by atoms with Gasteiger partial charge in [-0.3, -0.25) is 4.79 Å². The maximum absolute atomic E-state index is 11.4. The predicted molar refractivity (Wildman–Crippen MR) is 83.3 cm³/mol. The Morgan fingerprint density at radius 3 is 2.00 bits per heavy atom. The van der Waals surface area contributed by atoms with Crippen molar-refractivity contribution in [2.75, 3.05) is 6.26 Å². The number of carbonyl (C=O) groups is 1. The lowest BCUT2D eigenvalue weighted by molar-refractivity contribution is 0.0981. The fourth-order valence-electron chi connectivity index (χ4n) is 1.55. The van der Waals surface area contributed by atoms with Crippen LogP contribution in [0.2, 0.25) is 0 Å². The molecule has 1 aromatic rings. The number of benzene rings is 1. The van der Waals surface area contributed by atoms with E-state index >= 15 is 0 Å². The molecule has 1 amide bonds. The number of carbonyl (C=O) groups excluding carboxylic acids is 1. The van der Waals surface area contributed by atoms with E-state index in [1.54, 1.807) is 31.2 Å². The highest BCUT2D eigenvalue weighted by atomic mass is 32.2. The minimum Gasteiger partial charge on any atom is -0.268 e. The molecule has 0 radical (unpaired) electrons. The monoisotopic (exact) mass is 299 g/mol. The summed E-state index contributed by atoms with van der Waals surface area (Å²) in [5, 5.41) is 0. The molecule has 1 N–H and O–H groups in total. The lowest BCUT2D eigenvalue weighted by atomic mass is 10.1. The van der Waals surface area contributed by atoms with E-state index < -0.39 is 15.9 Å². The lowest BCUT2D eigenvalue weighted by Crippen LogP contribution is -2.29. The summed E-state index contributed by atoms with van der Waals surface area (Å²) in [6.45, 7) is 6.21. The van der Waals surface area contributed by atoms with Crippen LogP contribution in [0, 0.1) is 6.92 Å². The van der Waals surface area contributed by atoms with Gasteiger partial charge < -0.3 is 0 Å². The lowest BCUT2D eigenvalue weighted by Gasteiger charge is -2.04. The zero-order chi connectivity index (χ0) is 15.6. The first-order valence-electron chi connectivity index (χ1n) is 6.89. The second kappa shape index (κ2) is 9.53. The fourth-order valence-corrected chi connectivity index (χ4v) is 2.00. The maximum Gasteiger partial charge on any atom is 0.264 e. The van der Waals surface area contributed by atoms with Crippen LogP contribution in [0.25, 0.3) is 0 Å². The van der Waals surface area contributed by atoms with Crippen molar-refractivity contribution in [3.8, 4) is 0 Å². The van der Waals surface area contributed by atoms with Gasteiger partial charge in [-0.1, -0.05) is 57.7 Å². The normalized spacial score (nSPS) is 10.4. The van der Waals surface area contributed by atoms with Gasteiger partial charge in [0.15, 0.2) is 0 Å². The Hall–Kier alpha value is -1.36. The Labute approximate surface area is 122 Å². The second-order valence-electron chi connectivity index (χ2n) is 4.73. The van der Waals surface area contributed by atoms with E-state index in [-0.39, 0.29) is 0 Å². The number of nitrogens with one attached hydrogen (secondary N) is 1. The maximum atomic E-state index is 11.4. The summed E-state index contributed by atoms with van der Waals surface area (Å²) >= 11 is 0. The number of unbranched alkanes of at least 4 members (excludes halogenated alkanes) is 3. The van der Waals surface area contributed by atoms with Crippen molar-refractivity contribution in [1.82, 2.24) is 4.72 Å². The third-order valence-corrected chi connectivity index (χ3v) is 3.18. The second-order valence-corrected chi connectivity index (χ2v) is 6.47. The fraction of sp³-hybridized carbons (Fsp3) is 0.533. The van der Waals surface area contributed by atoms with Gasteiger partial charge in [-0.25, -0.2) is 13.1 Å². The highest BCUT2D eigenvalue weighted by molar-refractivity contribution is 7.89. The predicted octanol–water partition coefficient (Wildman–Crippen LogP) is 3.27. The Bertz CT molecular complexity index is 506. The third kappa shape index (κ3) is 8.69. The molecule has 0 saturated carbocycles. The van der Waals surface area contributed by atoms with Crippen LogP contribution < -0.4 is 4.72 Å². The molecule has 5 heteroatoms. The molecule has 0 spiro atoms. The molecule has 1 rings (SSSR count). The van der Waals surface area contributed by atoms with Crippen molar-refractivity contribution in [2.24, 2.45) is 0 Å². The Morgan fingerprint density at radius 2 is 1.60 bits per heavy atom. The highest BCUT2D eigenvalue weighted by Crippen LogP contribution is 2.06. The zero-order valence-corrected chi connectivity index (χ0v) is 13.6. The van der Waals surface area contributed by atoms with E-state index in [4.69, 9.17) is 0 Å². The first-order valence-corrected chi connectivity index (χ1v) is 8.78. The molecule has 0 fully saturated rings. The van der Waals surface area contributed by atoms with Gasteiger partial charge in [-0.2, -0.15) is 0 Å². The van der Waals surface area contributed by atoms with Gasteiger partial charge in [0, 0.05) is 5.56 Å². The van der Waals surface area contributed by atoms with Crippen molar-refractivity contribution in [3.63, 3.8) is 0 Å². The van der Waals surface area contributed by atoms with Crippen molar-refractivity contribution in [1.29, 1.82) is 0 Å². The van der Waals surface area contributed by atoms with E-state index in [1.165, 1.54) is 25.7 Å². The number of amides is 1. The first kappa shape index (κ1) is 18.6. The van der Waals surface area contributed by atoms with E-state index in [9.17, 15) is 13.2 Å². The van der Waals surface area contributed by atoms with Crippen LogP contribution in [-0.4, -0.2) is 20.6 Å². The summed E-state index contributed by atoms with van der Waals surface area (Å²) in [5.74, 6) is -0.592. The van der Waals surface area contributed by atoms with Crippen LogP contribution in [0.5, 0.6) is 0 Å². The van der Waals surface area contributed by atoms with Crippen molar-refractivity contribution < 1.29 is 13.2 Å². The van der Waals surface area contributed by atoms with Gasteiger partial charge in [0.2, 0.25) is 10.0 Å². The summed E-state index contributed by atoms with van der Waals surface area (Å²) in [6.07, 6.45) is 6.48. The van der Waals surface area contributed by atoms with E-state index in [2.05, 4.69) is 13.8 Å². The van der Waals surface area contributed by atoms with Crippen LogP contribution in [0.3, 0.4) is 0 Å². The summed E-state index contributed by atoms with van der Waals surface area (Å²) in [7, 11) is -3.49. The summed E-state index contributed by atoms with van der Waals surface area (Å²) < 4.78 is 23.5. The summed E-state index contributed by atoms with van der Waals surface area (Å²) in [4.78, 5) is 11.4. The number of sulfonamides is 1. The third-order valence-electron chi connectivity index (χ3n) is 2.62. The van der Waals surface area contributed by atoms with Crippen LogP contribution in [-0.2, 0) is 10.0 Å². The molecule has 0 aliphatic carbocycles. The Balaban J connectivity index is 0.000000511. The number of hydrogen-bond donors (Lipinski definition) is 1. The molecule has 0 aromatic heterocycles. The minimum atomic E-state index is -3.49. The molecular weight excluding hydrogens is 274 g/mol. The molecular formula is C15H25NO3S. The molecule has 0 saturated heterocycles. The van der Waals surface area contributed by atoms with Gasteiger partial charge in [-0.15, -0.1) is 0 Å². The van der Waals surface area contributed by atoms with Crippen LogP contribution in [0.1, 0.15) is 55.5 Å². The zero-order valence-electron chi connectivity index (χ0n) is 12.8. The Kier molecular flexibility index (Phi) is 8.88. The van der Waals surface area contributed by atoms with Gasteiger partial charge >= 0.3 is 0 Å². The van der Waals surface area contributed by atoms with Gasteiger partial charge in [0.1, 0.15) is 0 Å².